The number of fused-ring (bicyclic) bond motifs is 5. The molecule has 1 aromatic rings. The van der Waals surface area contributed by atoms with Crippen LogP contribution in [-0.4, -0.2) is 40.7 Å². The lowest BCUT2D eigenvalue weighted by molar-refractivity contribution is -0.139. The van der Waals surface area contributed by atoms with Gasteiger partial charge >= 0.3 is 0 Å². The number of likely N-dealkylation sites (N-methyl/N-ethyl adjacent to an activating group) is 1. The highest BCUT2D eigenvalue weighted by atomic mass is 16.2. The van der Waals surface area contributed by atoms with Gasteiger partial charge in [-0.3, -0.25) is 14.4 Å². The molecule has 7 atom stereocenters. The van der Waals surface area contributed by atoms with Gasteiger partial charge in [0.15, 0.2) is 0 Å². The van der Waals surface area contributed by atoms with Gasteiger partial charge in [0, 0.05) is 31.8 Å². The standard InChI is InChI=1S/C28H38N4O3/c1-17(33)30-24-10-6-19(16-29-24)31-25(34)15-18-5-8-21-20-7-9-23-28(3,14-12-26(35)32(23)4)22(20)11-13-27(18,21)2/h6,10,12,14,16,18,20-23H,5,7-9,11,13,15H2,1-4H3,(H,31,34)(H,29,30,33)/t18-,20?,21?,22?,23?,27-,28-/m1/s1. The molecule has 3 aliphatic carbocycles. The lowest BCUT2D eigenvalue weighted by atomic mass is 9.47. The number of rotatable bonds is 4. The van der Waals surface area contributed by atoms with Crippen molar-refractivity contribution in [3.8, 4) is 0 Å². The third-order valence-corrected chi connectivity index (χ3v) is 10.1. The molecule has 3 amide bonds. The zero-order valence-corrected chi connectivity index (χ0v) is 21.3. The number of anilines is 2. The predicted octanol–water partition coefficient (Wildman–Crippen LogP) is 4.62. The summed E-state index contributed by atoms with van der Waals surface area (Å²) in [6, 6.07) is 3.78. The molecule has 0 saturated heterocycles. The van der Waals surface area contributed by atoms with Gasteiger partial charge in [-0.15, -0.1) is 0 Å². The molecule has 7 heteroatoms. The van der Waals surface area contributed by atoms with Crippen LogP contribution in [0.1, 0.15) is 65.7 Å². The van der Waals surface area contributed by atoms with Crippen molar-refractivity contribution in [1.29, 1.82) is 0 Å². The highest BCUT2D eigenvalue weighted by molar-refractivity contribution is 5.91. The number of amides is 3. The van der Waals surface area contributed by atoms with Gasteiger partial charge in [0.25, 0.3) is 0 Å². The van der Waals surface area contributed by atoms with Crippen LogP contribution in [0.5, 0.6) is 0 Å². The minimum absolute atomic E-state index is 0.0408. The maximum Gasteiger partial charge on any atom is 0.246 e. The van der Waals surface area contributed by atoms with Crippen molar-refractivity contribution in [2.45, 2.75) is 71.8 Å². The number of pyridine rings is 1. The molecule has 4 unspecified atom stereocenters. The number of carbonyl (C=O) groups is 3. The molecule has 0 aromatic carbocycles. The summed E-state index contributed by atoms with van der Waals surface area (Å²) in [6.45, 7) is 6.25. The summed E-state index contributed by atoms with van der Waals surface area (Å²) in [5, 5.41) is 5.65. The van der Waals surface area contributed by atoms with Crippen LogP contribution >= 0.6 is 0 Å². The smallest absolute Gasteiger partial charge is 0.246 e. The van der Waals surface area contributed by atoms with Crippen LogP contribution in [0.4, 0.5) is 11.5 Å². The lowest BCUT2D eigenvalue weighted by Crippen LogP contribution is -2.59. The van der Waals surface area contributed by atoms with E-state index in [0.29, 0.717) is 47.6 Å². The molecule has 3 saturated carbocycles. The van der Waals surface area contributed by atoms with E-state index >= 15 is 0 Å². The first-order valence-corrected chi connectivity index (χ1v) is 13.1. The van der Waals surface area contributed by atoms with Crippen molar-refractivity contribution in [2.75, 3.05) is 17.7 Å². The summed E-state index contributed by atoms with van der Waals surface area (Å²) < 4.78 is 0. The van der Waals surface area contributed by atoms with E-state index in [4.69, 9.17) is 0 Å². The molecule has 2 heterocycles. The normalized spacial score (nSPS) is 37.8. The minimum atomic E-state index is -0.171. The summed E-state index contributed by atoms with van der Waals surface area (Å²) in [7, 11) is 1.97. The molecule has 2 N–H and O–H groups in total. The number of nitrogens with zero attached hydrogens (tertiary/aromatic N) is 2. The molecule has 1 aromatic heterocycles. The van der Waals surface area contributed by atoms with Gasteiger partial charge in [0.1, 0.15) is 5.82 Å². The summed E-state index contributed by atoms with van der Waals surface area (Å²) >= 11 is 0. The van der Waals surface area contributed by atoms with Crippen molar-refractivity contribution in [1.82, 2.24) is 9.88 Å². The Bertz CT molecular complexity index is 1050. The van der Waals surface area contributed by atoms with Crippen molar-refractivity contribution in [3.63, 3.8) is 0 Å². The Hall–Kier alpha value is -2.70. The van der Waals surface area contributed by atoms with Gasteiger partial charge in [0.2, 0.25) is 17.7 Å². The molecule has 1 aliphatic heterocycles. The van der Waals surface area contributed by atoms with Gasteiger partial charge in [0.05, 0.1) is 11.9 Å². The largest absolute Gasteiger partial charge is 0.338 e. The topological polar surface area (TPSA) is 91.4 Å². The molecular formula is C28H38N4O3. The van der Waals surface area contributed by atoms with Gasteiger partial charge in [-0.25, -0.2) is 4.98 Å². The first-order chi connectivity index (χ1) is 16.6. The second kappa shape index (κ2) is 8.75. The Morgan fingerprint density at radius 2 is 1.89 bits per heavy atom. The molecule has 7 nitrogen and oxygen atoms in total. The molecule has 4 aliphatic rings. The zero-order valence-electron chi connectivity index (χ0n) is 21.3. The van der Waals surface area contributed by atoms with Crippen molar-refractivity contribution in [2.24, 2.45) is 34.5 Å². The summed E-state index contributed by atoms with van der Waals surface area (Å²) in [6.07, 6.45) is 13.0. The summed E-state index contributed by atoms with van der Waals surface area (Å²) in [5.74, 6) is 2.79. The number of hydrogen-bond donors (Lipinski definition) is 2. The molecule has 0 bridgehead atoms. The van der Waals surface area contributed by atoms with Crippen LogP contribution in [-0.2, 0) is 14.4 Å². The minimum Gasteiger partial charge on any atom is -0.338 e. The van der Waals surface area contributed by atoms with E-state index in [1.165, 1.54) is 26.2 Å². The zero-order chi connectivity index (χ0) is 25.0. The van der Waals surface area contributed by atoms with Crippen molar-refractivity contribution >= 4 is 29.2 Å². The van der Waals surface area contributed by atoms with Crippen LogP contribution < -0.4 is 10.6 Å². The second-order valence-corrected chi connectivity index (χ2v) is 11.8. The Morgan fingerprint density at radius 1 is 1.09 bits per heavy atom. The highest BCUT2D eigenvalue weighted by Crippen LogP contribution is 2.65. The number of carbonyl (C=O) groups excluding carboxylic acids is 3. The molecule has 35 heavy (non-hydrogen) atoms. The first kappa shape index (κ1) is 24.0. The number of hydrogen-bond acceptors (Lipinski definition) is 4. The van der Waals surface area contributed by atoms with E-state index in [1.54, 1.807) is 24.4 Å². The maximum absolute atomic E-state index is 13.0. The third kappa shape index (κ3) is 4.07. The van der Waals surface area contributed by atoms with Crippen LogP contribution in [0, 0.1) is 34.5 Å². The van der Waals surface area contributed by atoms with Crippen molar-refractivity contribution < 1.29 is 14.4 Å². The van der Waals surface area contributed by atoms with E-state index in [0.717, 1.165) is 19.3 Å². The molecule has 0 spiro atoms. The van der Waals surface area contributed by atoms with Crippen LogP contribution in [0.3, 0.4) is 0 Å². The van der Waals surface area contributed by atoms with Crippen LogP contribution in [0.2, 0.25) is 0 Å². The summed E-state index contributed by atoms with van der Waals surface area (Å²) in [4.78, 5) is 42.6. The monoisotopic (exact) mass is 478 g/mol. The molecule has 5 rings (SSSR count). The maximum atomic E-state index is 13.0. The van der Waals surface area contributed by atoms with E-state index in [1.807, 2.05) is 11.9 Å². The highest BCUT2D eigenvalue weighted by Gasteiger charge is 2.60. The van der Waals surface area contributed by atoms with Gasteiger partial charge < -0.3 is 15.5 Å². The quantitative estimate of drug-likeness (QED) is 0.660. The fourth-order valence-electron chi connectivity index (χ4n) is 8.34. The average molecular weight is 479 g/mol. The third-order valence-electron chi connectivity index (χ3n) is 10.1. The Kier molecular flexibility index (Phi) is 6.01. The second-order valence-electron chi connectivity index (χ2n) is 11.8. The summed E-state index contributed by atoms with van der Waals surface area (Å²) in [5.41, 5.74) is 0.898. The molecule has 3 fully saturated rings. The van der Waals surface area contributed by atoms with Crippen LogP contribution in [0.15, 0.2) is 30.5 Å². The van der Waals surface area contributed by atoms with E-state index in [9.17, 15) is 14.4 Å². The van der Waals surface area contributed by atoms with Gasteiger partial charge in [-0.05, 0) is 85.8 Å². The first-order valence-electron chi connectivity index (χ1n) is 13.1. The van der Waals surface area contributed by atoms with Crippen molar-refractivity contribution in [3.05, 3.63) is 30.5 Å². The Balaban J connectivity index is 1.26. The van der Waals surface area contributed by atoms with Gasteiger partial charge in [-0.2, -0.15) is 0 Å². The fraction of sp³-hybridized carbons (Fsp3) is 0.643. The van der Waals surface area contributed by atoms with Gasteiger partial charge in [-0.1, -0.05) is 19.9 Å². The Labute approximate surface area is 208 Å². The predicted molar refractivity (Wildman–Crippen MR) is 135 cm³/mol. The molecule has 0 radical (unpaired) electrons. The fourth-order valence-corrected chi connectivity index (χ4v) is 8.34. The van der Waals surface area contributed by atoms with E-state index in [2.05, 4.69) is 35.5 Å². The molecular weight excluding hydrogens is 440 g/mol. The number of nitrogens with one attached hydrogen (secondary N) is 2. The lowest BCUT2D eigenvalue weighted by Gasteiger charge is -2.60. The van der Waals surface area contributed by atoms with Crippen LogP contribution in [0.25, 0.3) is 0 Å². The number of aromatic nitrogens is 1. The Morgan fingerprint density at radius 3 is 2.60 bits per heavy atom. The van der Waals surface area contributed by atoms with E-state index < -0.39 is 0 Å². The average Bonchev–Trinajstić information content (AvgIpc) is 3.13. The SMILES string of the molecule is CC(=O)Nc1ccc(NC(=O)C[C@H]2CCC3C4CCC5N(C)C(=O)C=C[C@]5(C)C4CC[C@@]32C)cn1. The van der Waals surface area contributed by atoms with E-state index in [-0.39, 0.29) is 28.6 Å². The molecule has 188 valence electrons.